The van der Waals surface area contributed by atoms with Gasteiger partial charge in [0.2, 0.25) is 11.9 Å². The van der Waals surface area contributed by atoms with Crippen LogP contribution in [0.3, 0.4) is 0 Å². The number of hydrogen-bond donors (Lipinski definition) is 3. The van der Waals surface area contributed by atoms with Gasteiger partial charge < -0.3 is 10.6 Å². The first-order chi connectivity index (χ1) is 11.4. The highest BCUT2D eigenvalue weighted by Gasteiger charge is 2.17. The van der Waals surface area contributed by atoms with E-state index in [0.717, 1.165) is 11.4 Å². The number of hydrogen-bond acceptors (Lipinski definition) is 6. The van der Waals surface area contributed by atoms with Gasteiger partial charge in [0, 0.05) is 27.9 Å². The van der Waals surface area contributed by atoms with E-state index in [2.05, 4.69) is 56.6 Å². The fourth-order valence-corrected chi connectivity index (χ4v) is 2.19. The molecule has 0 atom stereocenters. The third kappa shape index (κ3) is 3.99. The number of nitrogens with one attached hydrogen (secondary N) is 3. The number of anilines is 4. The highest BCUT2D eigenvalue weighted by molar-refractivity contribution is 6.30. The van der Waals surface area contributed by atoms with Crippen LogP contribution in [0.25, 0.3) is 0 Å². The molecular weight excluding hydrogens is 326 g/mol. The molecule has 0 radical (unpaired) electrons. The highest BCUT2D eigenvalue weighted by Crippen LogP contribution is 2.23. The number of aromatic nitrogens is 5. The molecule has 3 aromatic rings. The van der Waals surface area contributed by atoms with Crippen LogP contribution in [0.15, 0.2) is 36.7 Å². The molecule has 0 aliphatic heterocycles. The van der Waals surface area contributed by atoms with Crippen LogP contribution in [0.2, 0.25) is 5.02 Å². The topological polar surface area (TPSA) is 91.4 Å². The number of benzene rings is 1. The lowest BCUT2D eigenvalue weighted by atomic mass is 9.92. The molecule has 0 spiro atoms. The van der Waals surface area contributed by atoms with E-state index in [4.69, 9.17) is 11.6 Å². The first-order valence-electron chi connectivity index (χ1n) is 7.45. The summed E-state index contributed by atoms with van der Waals surface area (Å²) in [5.41, 5.74) is 1.82. The Hall–Kier alpha value is -2.67. The Kier molecular flexibility index (Phi) is 4.35. The molecular formula is C16H18ClN7. The molecule has 24 heavy (non-hydrogen) atoms. The van der Waals surface area contributed by atoms with Gasteiger partial charge in [0.15, 0.2) is 5.82 Å². The minimum Gasteiger partial charge on any atom is -0.324 e. The van der Waals surface area contributed by atoms with Crippen LogP contribution in [-0.2, 0) is 5.41 Å². The summed E-state index contributed by atoms with van der Waals surface area (Å²) in [7, 11) is 0. The van der Waals surface area contributed by atoms with E-state index in [9.17, 15) is 0 Å². The molecule has 124 valence electrons. The van der Waals surface area contributed by atoms with E-state index in [1.807, 2.05) is 18.2 Å². The smallest absolute Gasteiger partial charge is 0.233 e. The first kappa shape index (κ1) is 16.2. The molecule has 0 saturated carbocycles. The second kappa shape index (κ2) is 6.45. The van der Waals surface area contributed by atoms with Crippen molar-refractivity contribution in [3.05, 3.63) is 47.4 Å². The van der Waals surface area contributed by atoms with E-state index >= 15 is 0 Å². The fraction of sp³-hybridized carbons (Fsp3) is 0.250. The van der Waals surface area contributed by atoms with Crippen molar-refractivity contribution in [1.29, 1.82) is 0 Å². The monoisotopic (exact) mass is 343 g/mol. The van der Waals surface area contributed by atoms with Crippen LogP contribution < -0.4 is 10.6 Å². The maximum atomic E-state index is 5.97. The maximum Gasteiger partial charge on any atom is 0.233 e. The van der Waals surface area contributed by atoms with E-state index < -0.39 is 0 Å². The van der Waals surface area contributed by atoms with Crippen LogP contribution in [0.5, 0.6) is 0 Å². The van der Waals surface area contributed by atoms with Gasteiger partial charge in [-0.05, 0) is 18.2 Å². The quantitative estimate of drug-likeness (QED) is 0.662. The average molecular weight is 344 g/mol. The molecule has 8 heteroatoms. The van der Waals surface area contributed by atoms with Crippen LogP contribution in [0, 0.1) is 0 Å². The van der Waals surface area contributed by atoms with Crippen molar-refractivity contribution in [3.8, 4) is 0 Å². The van der Waals surface area contributed by atoms with Gasteiger partial charge in [0.25, 0.3) is 0 Å². The number of H-pyrrole nitrogens is 1. The van der Waals surface area contributed by atoms with E-state index in [-0.39, 0.29) is 5.41 Å². The Balaban J connectivity index is 1.74. The third-order valence-electron chi connectivity index (χ3n) is 3.28. The summed E-state index contributed by atoms with van der Waals surface area (Å²) in [5, 5.41) is 14.0. The van der Waals surface area contributed by atoms with Crippen molar-refractivity contribution in [2.24, 2.45) is 0 Å². The molecule has 2 aromatic heterocycles. The SMILES string of the molecule is CC(C)(C)c1cc(Nc2ncnc(Nc3cccc(Cl)c3)n2)n[nH]1. The molecule has 0 fully saturated rings. The molecule has 0 saturated heterocycles. The number of nitrogens with zero attached hydrogens (tertiary/aromatic N) is 4. The van der Waals surface area contributed by atoms with E-state index in [0.29, 0.717) is 22.7 Å². The summed E-state index contributed by atoms with van der Waals surface area (Å²) in [6, 6.07) is 9.27. The minimum atomic E-state index is -0.00861. The number of aromatic amines is 1. The summed E-state index contributed by atoms with van der Waals surface area (Å²) >= 11 is 5.97. The molecule has 0 bridgehead atoms. The van der Waals surface area contributed by atoms with Crippen molar-refractivity contribution >= 4 is 35.0 Å². The van der Waals surface area contributed by atoms with Gasteiger partial charge in [-0.25, -0.2) is 9.97 Å². The molecule has 3 rings (SSSR count). The standard InChI is InChI=1S/C16H18ClN7/c1-16(2,3)12-8-13(24-23-12)21-15-19-9-18-14(22-15)20-11-6-4-5-10(17)7-11/h4-9H,1-3H3,(H3,18,19,20,21,22,23,24). The Morgan fingerprint density at radius 3 is 2.46 bits per heavy atom. The molecule has 0 aliphatic rings. The Labute approximate surface area is 144 Å². The lowest BCUT2D eigenvalue weighted by molar-refractivity contribution is 0.567. The first-order valence-corrected chi connectivity index (χ1v) is 7.82. The molecule has 0 unspecified atom stereocenters. The number of halogens is 1. The second-order valence-electron chi connectivity index (χ2n) is 6.31. The zero-order chi connectivity index (χ0) is 17.2. The second-order valence-corrected chi connectivity index (χ2v) is 6.75. The zero-order valence-electron chi connectivity index (χ0n) is 13.6. The predicted octanol–water partition coefficient (Wildman–Crippen LogP) is 4.03. The summed E-state index contributed by atoms with van der Waals surface area (Å²) in [5.74, 6) is 1.47. The predicted molar refractivity (Wildman–Crippen MR) is 95.1 cm³/mol. The Bertz CT molecular complexity index is 838. The van der Waals surface area contributed by atoms with Crippen molar-refractivity contribution < 1.29 is 0 Å². The minimum absolute atomic E-state index is 0.00861. The van der Waals surface area contributed by atoms with E-state index in [1.54, 1.807) is 12.1 Å². The third-order valence-corrected chi connectivity index (χ3v) is 3.51. The lowest BCUT2D eigenvalue weighted by Gasteiger charge is -2.14. The maximum absolute atomic E-state index is 5.97. The van der Waals surface area contributed by atoms with Crippen molar-refractivity contribution in [2.45, 2.75) is 26.2 Å². The van der Waals surface area contributed by atoms with Gasteiger partial charge >= 0.3 is 0 Å². The van der Waals surface area contributed by atoms with Gasteiger partial charge in [0.05, 0.1) is 0 Å². The van der Waals surface area contributed by atoms with Crippen LogP contribution in [0.1, 0.15) is 26.5 Å². The van der Waals surface area contributed by atoms with E-state index in [1.165, 1.54) is 6.33 Å². The average Bonchev–Trinajstić information content (AvgIpc) is 2.96. The normalized spacial score (nSPS) is 11.3. The van der Waals surface area contributed by atoms with Gasteiger partial charge in [0.1, 0.15) is 6.33 Å². The van der Waals surface area contributed by atoms with Gasteiger partial charge in [-0.3, -0.25) is 5.10 Å². The Morgan fingerprint density at radius 2 is 1.79 bits per heavy atom. The van der Waals surface area contributed by atoms with Crippen molar-refractivity contribution in [3.63, 3.8) is 0 Å². The fourth-order valence-electron chi connectivity index (χ4n) is 2.00. The molecule has 0 amide bonds. The Morgan fingerprint density at radius 1 is 1.04 bits per heavy atom. The summed E-state index contributed by atoms with van der Waals surface area (Å²) in [4.78, 5) is 12.5. The number of rotatable bonds is 4. The van der Waals surface area contributed by atoms with Gasteiger partial charge in [-0.1, -0.05) is 38.4 Å². The van der Waals surface area contributed by atoms with Crippen molar-refractivity contribution in [1.82, 2.24) is 25.1 Å². The van der Waals surface area contributed by atoms with Crippen LogP contribution in [0.4, 0.5) is 23.4 Å². The van der Waals surface area contributed by atoms with Crippen molar-refractivity contribution in [2.75, 3.05) is 10.6 Å². The lowest BCUT2D eigenvalue weighted by Crippen LogP contribution is -2.11. The summed E-state index contributed by atoms with van der Waals surface area (Å²) in [6.07, 6.45) is 1.43. The molecule has 7 nitrogen and oxygen atoms in total. The molecule has 0 aliphatic carbocycles. The zero-order valence-corrected chi connectivity index (χ0v) is 14.4. The summed E-state index contributed by atoms with van der Waals surface area (Å²) < 4.78 is 0. The molecule has 1 aromatic carbocycles. The van der Waals surface area contributed by atoms with Crippen LogP contribution in [-0.4, -0.2) is 25.1 Å². The van der Waals surface area contributed by atoms with Crippen LogP contribution >= 0.6 is 11.6 Å². The molecule has 3 N–H and O–H groups in total. The van der Waals surface area contributed by atoms with Gasteiger partial charge in [-0.15, -0.1) is 0 Å². The molecule has 2 heterocycles. The highest BCUT2D eigenvalue weighted by atomic mass is 35.5. The van der Waals surface area contributed by atoms with Gasteiger partial charge in [-0.2, -0.15) is 10.1 Å². The summed E-state index contributed by atoms with van der Waals surface area (Å²) in [6.45, 7) is 6.33. The largest absolute Gasteiger partial charge is 0.324 e.